The van der Waals surface area contributed by atoms with Crippen LogP contribution in [-0.2, 0) is 12.8 Å². The molecular formula is C14H13NO3S. The van der Waals surface area contributed by atoms with Gasteiger partial charge < -0.3 is 9.52 Å². The number of hydrogen-bond donors (Lipinski definition) is 1. The minimum atomic E-state index is -0.925. The van der Waals surface area contributed by atoms with E-state index in [-0.39, 0.29) is 5.56 Å². The molecule has 19 heavy (non-hydrogen) atoms. The Bertz CT molecular complexity index is 648. The zero-order valence-corrected chi connectivity index (χ0v) is 11.3. The molecule has 4 nitrogen and oxygen atoms in total. The summed E-state index contributed by atoms with van der Waals surface area (Å²) in [6.07, 6.45) is 4.52. The van der Waals surface area contributed by atoms with Crippen molar-refractivity contribution in [3.8, 4) is 0 Å². The van der Waals surface area contributed by atoms with Crippen molar-refractivity contribution in [3.05, 3.63) is 41.0 Å². The predicted octanol–water partition coefficient (Wildman–Crippen LogP) is 3.32. The van der Waals surface area contributed by atoms with Gasteiger partial charge in [0.1, 0.15) is 10.8 Å². The molecule has 0 atom stereocenters. The summed E-state index contributed by atoms with van der Waals surface area (Å²) in [6.45, 7) is 1.86. The molecule has 2 aromatic heterocycles. The largest absolute Gasteiger partial charge is 0.478 e. The Balaban J connectivity index is 2.04. The number of rotatable bonds is 3. The third-order valence-electron chi connectivity index (χ3n) is 3.26. The van der Waals surface area contributed by atoms with E-state index in [0.717, 1.165) is 41.2 Å². The Hall–Kier alpha value is -1.75. The van der Waals surface area contributed by atoms with Gasteiger partial charge in [0.15, 0.2) is 0 Å². The van der Waals surface area contributed by atoms with E-state index in [1.165, 1.54) is 11.8 Å². The summed E-state index contributed by atoms with van der Waals surface area (Å²) in [5, 5.41) is 9.87. The fourth-order valence-corrected chi connectivity index (χ4v) is 3.20. The number of aromatic nitrogens is 1. The molecule has 0 fully saturated rings. The van der Waals surface area contributed by atoms with Gasteiger partial charge in [-0.25, -0.2) is 9.78 Å². The highest BCUT2D eigenvalue weighted by atomic mass is 32.2. The number of carbonyl (C=O) groups is 1. The second-order valence-electron chi connectivity index (χ2n) is 4.55. The van der Waals surface area contributed by atoms with Crippen LogP contribution in [0.1, 0.15) is 33.8 Å². The SMILES string of the molecule is Cc1occc1Sc1nc2c(cc1C(=O)O)CCC2. The van der Waals surface area contributed by atoms with E-state index in [1.807, 2.05) is 13.0 Å². The van der Waals surface area contributed by atoms with Crippen LogP contribution in [0.5, 0.6) is 0 Å². The first-order chi connectivity index (χ1) is 9.15. The Morgan fingerprint density at radius 2 is 2.32 bits per heavy atom. The molecule has 0 unspecified atom stereocenters. The number of carboxylic acids is 1. The van der Waals surface area contributed by atoms with Crippen molar-refractivity contribution < 1.29 is 14.3 Å². The summed E-state index contributed by atoms with van der Waals surface area (Å²) in [6, 6.07) is 3.61. The molecule has 0 aliphatic heterocycles. The molecule has 0 aromatic carbocycles. The minimum Gasteiger partial charge on any atom is -0.478 e. The average Bonchev–Trinajstić information content (AvgIpc) is 2.97. The van der Waals surface area contributed by atoms with Crippen LogP contribution in [0.2, 0.25) is 0 Å². The summed E-state index contributed by atoms with van der Waals surface area (Å²) in [7, 11) is 0. The Morgan fingerprint density at radius 1 is 1.47 bits per heavy atom. The van der Waals surface area contributed by atoms with Gasteiger partial charge in [0.2, 0.25) is 0 Å². The molecule has 5 heteroatoms. The number of aromatic carboxylic acids is 1. The topological polar surface area (TPSA) is 63.3 Å². The van der Waals surface area contributed by atoms with Gasteiger partial charge in [0.25, 0.3) is 0 Å². The standard InChI is InChI=1S/C14H13NO3S/c1-8-12(5-6-18-8)19-13-10(14(16)17)7-9-3-2-4-11(9)15-13/h5-7H,2-4H2,1H3,(H,16,17). The maximum atomic E-state index is 11.4. The van der Waals surface area contributed by atoms with Gasteiger partial charge in [-0.05, 0) is 43.9 Å². The molecule has 0 saturated carbocycles. The highest BCUT2D eigenvalue weighted by Gasteiger charge is 2.21. The number of pyridine rings is 1. The lowest BCUT2D eigenvalue weighted by molar-refractivity contribution is 0.0692. The van der Waals surface area contributed by atoms with E-state index in [0.29, 0.717) is 5.03 Å². The van der Waals surface area contributed by atoms with Gasteiger partial charge in [0, 0.05) is 5.69 Å². The summed E-state index contributed by atoms with van der Waals surface area (Å²) < 4.78 is 5.23. The van der Waals surface area contributed by atoms with Crippen LogP contribution in [0.4, 0.5) is 0 Å². The molecule has 2 aromatic rings. The molecule has 1 N–H and O–H groups in total. The van der Waals surface area contributed by atoms with E-state index in [1.54, 1.807) is 12.3 Å². The first-order valence-corrected chi connectivity index (χ1v) is 6.95. The molecule has 0 saturated heterocycles. The van der Waals surface area contributed by atoms with E-state index < -0.39 is 5.97 Å². The molecule has 1 aliphatic rings. The van der Waals surface area contributed by atoms with Gasteiger partial charge in [-0.1, -0.05) is 11.8 Å². The lowest BCUT2D eigenvalue weighted by atomic mass is 10.1. The third kappa shape index (κ3) is 2.26. The minimum absolute atomic E-state index is 0.284. The van der Waals surface area contributed by atoms with Crippen molar-refractivity contribution in [1.29, 1.82) is 0 Å². The molecule has 3 rings (SSSR count). The van der Waals surface area contributed by atoms with Crippen molar-refractivity contribution in [1.82, 2.24) is 4.98 Å². The van der Waals surface area contributed by atoms with Crippen LogP contribution in [-0.4, -0.2) is 16.1 Å². The number of fused-ring (bicyclic) bond motifs is 1. The lowest BCUT2D eigenvalue weighted by Gasteiger charge is -2.07. The van der Waals surface area contributed by atoms with Crippen LogP contribution in [0.3, 0.4) is 0 Å². The first kappa shape index (κ1) is 12.3. The predicted molar refractivity (Wildman–Crippen MR) is 70.8 cm³/mol. The zero-order valence-electron chi connectivity index (χ0n) is 10.5. The fraction of sp³-hybridized carbons (Fsp3) is 0.286. The van der Waals surface area contributed by atoms with Gasteiger partial charge in [-0.2, -0.15) is 0 Å². The van der Waals surface area contributed by atoms with Gasteiger partial charge in [-0.15, -0.1) is 0 Å². The molecular weight excluding hydrogens is 262 g/mol. The third-order valence-corrected chi connectivity index (χ3v) is 4.41. The highest BCUT2D eigenvalue weighted by Crippen LogP contribution is 2.34. The summed E-state index contributed by atoms with van der Waals surface area (Å²) in [5.41, 5.74) is 2.39. The van der Waals surface area contributed by atoms with Gasteiger partial charge in [0.05, 0.1) is 16.7 Å². The van der Waals surface area contributed by atoms with Crippen molar-refractivity contribution in [2.75, 3.05) is 0 Å². The lowest BCUT2D eigenvalue weighted by Crippen LogP contribution is -2.04. The number of aryl methyl sites for hydroxylation is 3. The average molecular weight is 275 g/mol. The number of furan rings is 1. The van der Waals surface area contributed by atoms with Crippen molar-refractivity contribution in [3.63, 3.8) is 0 Å². The van der Waals surface area contributed by atoms with Crippen LogP contribution < -0.4 is 0 Å². The first-order valence-electron chi connectivity index (χ1n) is 6.13. The Morgan fingerprint density at radius 3 is 3.00 bits per heavy atom. The fourth-order valence-electron chi connectivity index (χ4n) is 2.27. The Labute approximate surface area is 114 Å². The molecule has 2 heterocycles. The zero-order chi connectivity index (χ0) is 13.4. The van der Waals surface area contributed by atoms with E-state index in [9.17, 15) is 9.90 Å². The normalized spacial score (nSPS) is 13.5. The van der Waals surface area contributed by atoms with Crippen molar-refractivity contribution in [2.45, 2.75) is 36.1 Å². The smallest absolute Gasteiger partial charge is 0.338 e. The van der Waals surface area contributed by atoms with Crippen molar-refractivity contribution >= 4 is 17.7 Å². The van der Waals surface area contributed by atoms with Crippen LogP contribution in [0, 0.1) is 6.92 Å². The second kappa shape index (κ2) is 4.74. The molecule has 1 aliphatic carbocycles. The number of carboxylic acid groups (broad SMARTS) is 1. The molecule has 0 bridgehead atoms. The van der Waals surface area contributed by atoms with E-state index >= 15 is 0 Å². The van der Waals surface area contributed by atoms with E-state index in [4.69, 9.17) is 4.42 Å². The summed E-state index contributed by atoms with van der Waals surface area (Å²) in [5.74, 6) is -0.144. The van der Waals surface area contributed by atoms with Gasteiger partial charge >= 0.3 is 5.97 Å². The van der Waals surface area contributed by atoms with Crippen LogP contribution >= 0.6 is 11.8 Å². The number of nitrogens with zero attached hydrogens (tertiary/aromatic N) is 1. The van der Waals surface area contributed by atoms with E-state index in [2.05, 4.69) is 4.98 Å². The quantitative estimate of drug-likeness (QED) is 0.931. The maximum Gasteiger partial charge on any atom is 0.338 e. The summed E-state index contributed by atoms with van der Waals surface area (Å²) >= 11 is 1.36. The molecule has 0 amide bonds. The molecule has 0 spiro atoms. The van der Waals surface area contributed by atoms with Gasteiger partial charge in [-0.3, -0.25) is 0 Å². The maximum absolute atomic E-state index is 11.4. The summed E-state index contributed by atoms with van der Waals surface area (Å²) in [4.78, 5) is 16.8. The highest BCUT2D eigenvalue weighted by molar-refractivity contribution is 7.99. The van der Waals surface area contributed by atoms with Crippen LogP contribution in [0.15, 0.2) is 32.7 Å². The van der Waals surface area contributed by atoms with Crippen molar-refractivity contribution in [2.24, 2.45) is 0 Å². The monoisotopic (exact) mass is 275 g/mol. The van der Waals surface area contributed by atoms with Crippen LogP contribution in [0.25, 0.3) is 0 Å². The Kier molecular flexibility index (Phi) is 3.06. The molecule has 98 valence electrons. The number of hydrogen-bond acceptors (Lipinski definition) is 4. The second-order valence-corrected chi connectivity index (χ2v) is 5.58. The molecule has 0 radical (unpaired) electrons.